The average Bonchev–Trinajstić information content (AvgIpc) is 2.93. The smallest absolute Gasteiger partial charge is 0.127 e. The van der Waals surface area contributed by atoms with Gasteiger partial charge in [0.05, 0.1) is 12.2 Å². The Morgan fingerprint density at radius 3 is 2.23 bits per heavy atom. The largest absolute Gasteiger partial charge is 0.493 e. The number of ether oxygens (including phenoxy) is 2. The lowest BCUT2D eigenvalue weighted by Crippen LogP contribution is -2.34. The van der Waals surface area contributed by atoms with Gasteiger partial charge in [0.2, 0.25) is 0 Å². The molecule has 218 valence electrons. The number of unbranched alkanes of at least 4 members (excludes halogenated alkanes) is 5. The van der Waals surface area contributed by atoms with Crippen molar-refractivity contribution in [2.75, 3.05) is 13.2 Å². The lowest BCUT2D eigenvalue weighted by molar-refractivity contribution is -0.0632. The maximum absolute atomic E-state index is 6.53. The van der Waals surface area contributed by atoms with Crippen LogP contribution in [-0.2, 0) is 4.74 Å². The molecule has 1 saturated carbocycles. The summed E-state index contributed by atoms with van der Waals surface area (Å²) in [6.07, 6.45) is 17.6. The molecule has 1 aliphatic rings. The van der Waals surface area contributed by atoms with Crippen LogP contribution in [0.4, 0.5) is 0 Å². The van der Waals surface area contributed by atoms with Crippen LogP contribution in [0, 0.1) is 11.8 Å². The van der Waals surface area contributed by atoms with Gasteiger partial charge in [0.15, 0.2) is 0 Å². The van der Waals surface area contributed by atoms with E-state index in [2.05, 4.69) is 83.1 Å². The molecule has 2 nitrogen and oxygen atoms in total. The molecule has 0 heterocycles. The first-order valence-corrected chi connectivity index (χ1v) is 16.4. The second-order valence-corrected chi connectivity index (χ2v) is 13.0. The van der Waals surface area contributed by atoms with Crippen LogP contribution < -0.4 is 4.74 Å². The minimum atomic E-state index is 0.0369. The Balaban J connectivity index is 1.53. The van der Waals surface area contributed by atoms with Crippen molar-refractivity contribution in [3.8, 4) is 16.9 Å². The molecular weight excluding hydrogens is 476 g/mol. The molecule has 2 aromatic rings. The van der Waals surface area contributed by atoms with E-state index in [1.165, 1.54) is 87.3 Å². The third kappa shape index (κ3) is 11.3. The molecule has 0 aliphatic heterocycles. The Bertz CT molecular complexity index is 910. The molecule has 0 bridgehead atoms. The van der Waals surface area contributed by atoms with Gasteiger partial charge in [0.25, 0.3) is 0 Å². The van der Waals surface area contributed by atoms with E-state index >= 15 is 0 Å². The van der Waals surface area contributed by atoms with E-state index in [-0.39, 0.29) is 5.60 Å². The van der Waals surface area contributed by atoms with Crippen molar-refractivity contribution in [1.82, 2.24) is 0 Å². The molecule has 2 aromatic carbocycles. The summed E-state index contributed by atoms with van der Waals surface area (Å²) >= 11 is 0. The maximum atomic E-state index is 6.53. The SMILES string of the molecule is CCCCCCCCOc1cc(C2CCC(C)(OCCC(C)CCCC(C)C)CC2)ccc1-c1ccccc1. The van der Waals surface area contributed by atoms with Gasteiger partial charge in [-0.2, -0.15) is 0 Å². The van der Waals surface area contributed by atoms with Crippen molar-refractivity contribution in [2.45, 2.75) is 136 Å². The maximum Gasteiger partial charge on any atom is 0.127 e. The lowest BCUT2D eigenvalue weighted by Gasteiger charge is -2.38. The molecule has 0 saturated heterocycles. The van der Waals surface area contributed by atoms with Crippen molar-refractivity contribution in [1.29, 1.82) is 0 Å². The monoisotopic (exact) mass is 534 g/mol. The Labute approximate surface area is 241 Å². The highest BCUT2D eigenvalue weighted by Crippen LogP contribution is 2.42. The quantitative estimate of drug-likeness (QED) is 0.177. The normalized spacial score (nSPS) is 20.3. The van der Waals surface area contributed by atoms with Crippen LogP contribution in [0.3, 0.4) is 0 Å². The molecule has 0 N–H and O–H groups in total. The summed E-state index contributed by atoms with van der Waals surface area (Å²) in [7, 11) is 0. The number of benzene rings is 2. The van der Waals surface area contributed by atoms with E-state index in [0.29, 0.717) is 5.92 Å². The topological polar surface area (TPSA) is 18.5 Å². The number of rotatable bonds is 18. The van der Waals surface area contributed by atoms with Crippen LogP contribution in [0.5, 0.6) is 5.75 Å². The van der Waals surface area contributed by atoms with Gasteiger partial charge >= 0.3 is 0 Å². The molecule has 1 aliphatic carbocycles. The highest BCUT2D eigenvalue weighted by atomic mass is 16.5. The zero-order chi connectivity index (χ0) is 27.9. The van der Waals surface area contributed by atoms with Crippen molar-refractivity contribution in [2.24, 2.45) is 11.8 Å². The van der Waals surface area contributed by atoms with Gasteiger partial charge in [-0.3, -0.25) is 0 Å². The van der Waals surface area contributed by atoms with Gasteiger partial charge < -0.3 is 9.47 Å². The lowest BCUT2D eigenvalue weighted by atomic mass is 9.76. The zero-order valence-corrected chi connectivity index (χ0v) is 26.0. The van der Waals surface area contributed by atoms with Gasteiger partial charge in [0, 0.05) is 12.2 Å². The van der Waals surface area contributed by atoms with E-state index in [1.54, 1.807) is 0 Å². The van der Waals surface area contributed by atoms with Crippen molar-refractivity contribution >= 4 is 0 Å². The second kappa shape index (κ2) is 17.1. The van der Waals surface area contributed by atoms with Crippen LogP contribution in [0.2, 0.25) is 0 Å². The third-order valence-electron chi connectivity index (χ3n) is 8.90. The predicted octanol–water partition coefficient (Wildman–Crippen LogP) is 11.4. The van der Waals surface area contributed by atoms with Gasteiger partial charge in [-0.05, 0) is 80.4 Å². The Morgan fingerprint density at radius 2 is 1.51 bits per heavy atom. The van der Waals surface area contributed by atoms with E-state index in [9.17, 15) is 0 Å². The number of hydrogen-bond donors (Lipinski definition) is 0. The first-order chi connectivity index (χ1) is 18.9. The minimum Gasteiger partial charge on any atom is -0.493 e. The molecule has 1 atom stereocenters. The number of hydrogen-bond acceptors (Lipinski definition) is 2. The highest BCUT2D eigenvalue weighted by molar-refractivity contribution is 5.71. The fourth-order valence-electron chi connectivity index (χ4n) is 6.06. The van der Waals surface area contributed by atoms with Gasteiger partial charge in [-0.25, -0.2) is 0 Å². The average molecular weight is 535 g/mol. The van der Waals surface area contributed by atoms with E-state index in [0.717, 1.165) is 50.1 Å². The molecule has 3 rings (SSSR count). The molecule has 1 unspecified atom stereocenters. The van der Waals surface area contributed by atoms with Crippen LogP contribution in [-0.4, -0.2) is 18.8 Å². The molecular formula is C37H58O2. The first kappa shape index (κ1) is 31.7. The zero-order valence-electron chi connectivity index (χ0n) is 26.0. The fraction of sp³-hybridized carbons (Fsp3) is 0.676. The molecule has 2 heteroatoms. The van der Waals surface area contributed by atoms with Gasteiger partial charge in [-0.1, -0.05) is 122 Å². The third-order valence-corrected chi connectivity index (χ3v) is 8.90. The van der Waals surface area contributed by atoms with Crippen LogP contribution in [0.25, 0.3) is 11.1 Å². The molecule has 0 spiro atoms. The van der Waals surface area contributed by atoms with Crippen LogP contribution >= 0.6 is 0 Å². The summed E-state index contributed by atoms with van der Waals surface area (Å²) in [6.45, 7) is 13.4. The Hall–Kier alpha value is -1.80. The summed E-state index contributed by atoms with van der Waals surface area (Å²) < 4.78 is 13.0. The Morgan fingerprint density at radius 1 is 0.795 bits per heavy atom. The second-order valence-electron chi connectivity index (χ2n) is 13.0. The summed E-state index contributed by atoms with van der Waals surface area (Å²) in [6, 6.07) is 17.7. The summed E-state index contributed by atoms with van der Waals surface area (Å²) in [5, 5.41) is 0. The van der Waals surface area contributed by atoms with Crippen molar-refractivity contribution in [3.05, 3.63) is 54.1 Å². The van der Waals surface area contributed by atoms with E-state index in [1.807, 2.05) is 0 Å². The van der Waals surface area contributed by atoms with E-state index < -0.39 is 0 Å². The van der Waals surface area contributed by atoms with E-state index in [4.69, 9.17) is 9.47 Å². The summed E-state index contributed by atoms with van der Waals surface area (Å²) in [5.41, 5.74) is 3.94. The standard InChI is InChI=1S/C37H58O2/c1-6-7-8-9-10-14-27-38-36-29-34(20-21-35(36)33-18-12-11-13-19-33)32-22-25-37(5,26-23-32)39-28-24-31(4)17-15-16-30(2)3/h11-13,18-21,29-32H,6-10,14-17,22-28H2,1-5H3. The highest BCUT2D eigenvalue weighted by Gasteiger charge is 2.32. The van der Waals surface area contributed by atoms with Crippen molar-refractivity contribution < 1.29 is 9.47 Å². The van der Waals surface area contributed by atoms with Gasteiger partial charge in [-0.15, -0.1) is 0 Å². The Kier molecular flexibility index (Phi) is 13.9. The van der Waals surface area contributed by atoms with Gasteiger partial charge in [0.1, 0.15) is 5.75 Å². The fourth-order valence-corrected chi connectivity index (χ4v) is 6.06. The molecule has 0 aromatic heterocycles. The minimum absolute atomic E-state index is 0.0369. The molecule has 1 fully saturated rings. The molecule has 0 radical (unpaired) electrons. The van der Waals surface area contributed by atoms with Crippen LogP contribution in [0.1, 0.15) is 136 Å². The van der Waals surface area contributed by atoms with Crippen LogP contribution in [0.15, 0.2) is 48.5 Å². The predicted molar refractivity (Wildman–Crippen MR) is 169 cm³/mol. The molecule has 39 heavy (non-hydrogen) atoms. The summed E-state index contributed by atoms with van der Waals surface area (Å²) in [5.74, 6) is 3.24. The first-order valence-electron chi connectivity index (χ1n) is 16.4. The molecule has 0 amide bonds. The van der Waals surface area contributed by atoms with Crippen molar-refractivity contribution in [3.63, 3.8) is 0 Å². The summed E-state index contributed by atoms with van der Waals surface area (Å²) in [4.78, 5) is 0.